The highest BCUT2D eigenvalue weighted by Crippen LogP contribution is 2.20. The van der Waals surface area contributed by atoms with Crippen LogP contribution < -0.4 is 10.3 Å². The molecule has 0 radical (unpaired) electrons. The average molecular weight is 383 g/mol. The normalized spacial score (nSPS) is 14.1. The van der Waals surface area contributed by atoms with Crippen molar-refractivity contribution in [2.75, 3.05) is 33.3 Å². The second-order valence-corrected chi connectivity index (χ2v) is 6.98. The van der Waals surface area contributed by atoms with Gasteiger partial charge in [0.25, 0.3) is 17.4 Å². The molecule has 1 aliphatic rings. The van der Waals surface area contributed by atoms with E-state index in [9.17, 15) is 14.4 Å². The minimum Gasteiger partial charge on any atom is -0.496 e. The molecule has 0 atom stereocenters. The summed E-state index contributed by atoms with van der Waals surface area (Å²) in [7, 11) is 3.21. The Morgan fingerprint density at radius 2 is 1.46 bits per heavy atom. The summed E-state index contributed by atoms with van der Waals surface area (Å²) in [6, 6.07) is 8.76. The molecule has 2 aromatic rings. The lowest BCUT2D eigenvalue weighted by Gasteiger charge is -2.35. The third-order valence-electron chi connectivity index (χ3n) is 5.39. The number of aryl methyl sites for hydroxylation is 1. The van der Waals surface area contributed by atoms with E-state index in [4.69, 9.17) is 4.74 Å². The minimum atomic E-state index is -0.291. The van der Waals surface area contributed by atoms with Gasteiger partial charge in [-0.3, -0.25) is 14.4 Å². The Labute approximate surface area is 164 Å². The molecule has 1 fully saturated rings. The van der Waals surface area contributed by atoms with E-state index in [0.717, 1.165) is 11.3 Å². The summed E-state index contributed by atoms with van der Waals surface area (Å²) in [5.74, 6) is 0.129. The van der Waals surface area contributed by atoms with Gasteiger partial charge >= 0.3 is 0 Å². The molecule has 2 amide bonds. The van der Waals surface area contributed by atoms with Crippen molar-refractivity contribution in [3.63, 3.8) is 0 Å². The largest absolute Gasteiger partial charge is 0.496 e. The number of carbonyl (C=O) groups excluding carboxylic acids is 2. The third kappa shape index (κ3) is 3.52. The SMILES string of the molecule is COc1ccccc1C(=O)N1CCN(C(=O)c2cc(C)c(C)n(C)c2=O)CC1. The first-order chi connectivity index (χ1) is 13.3. The van der Waals surface area contributed by atoms with E-state index >= 15 is 0 Å². The van der Waals surface area contributed by atoms with Gasteiger partial charge in [-0.15, -0.1) is 0 Å². The summed E-state index contributed by atoms with van der Waals surface area (Å²) in [5, 5.41) is 0. The highest BCUT2D eigenvalue weighted by molar-refractivity contribution is 5.97. The summed E-state index contributed by atoms with van der Waals surface area (Å²) in [4.78, 5) is 41.5. The zero-order valence-electron chi connectivity index (χ0n) is 16.7. The molecule has 2 heterocycles. The van der Waals surface area contributed by atoms with Crippen molar-refractivity contribution in [3.8, 4) is 5.75 Å². The van der Waals surface area contributed by atoms with Crippen LogP contribution in [0.5, 0.6) is 5.75 Å². The van der Waals surface area contributed by atoms with Gasteiger partial charge in [-0.2, -0.15) is 0 Å². The first kappa shape index (κ1) is 19.7. The molecule has 3 rings (SSSR count). The fraction of sp³-hybridized carbons (Fsp3) is 0.381. The maximum Gasteiger partial charge on any atom is 0.263 e. The van der Waals surface area contributed by atoms with Crippen LogP contribution in [0.4, 0.5) is 0 Å². The van der Waals surface area contributed by atoms with Crippen molar-refractivity contribution in [3.05, 3.63) is 63.1 Å². The predicted molar refractivity (Wildman–Crippen MR) is 106 cm³/mol. The summed E-state index contributed by atoms with van der Waals surface area (Å²) < 4.78 is 6.77. The fourth-order valence-electron chi connectivity index (χ4n) is 3.41. The highest BCUT2D eigenvalue weighted by Gasteiger charge is 2.28. The van der Waals surface area contributed by atoms with Gasteiger partial charge in [-0.25, -0.2) is 0 Å². The number of para-hydroxylation sites is 1. The number of pyridine rings is 1. The van der Waals surface area contributed by atoms with Crippen LogP contribution >= 0.6 is 0 Å². The van der Waals surface area contributed by atoms with E-state index in [0.29, 0.717) is 37.5 Å². The topological polar surface area (TPSA) is 71.8 Å². The van der Waals surface area contributed by atoms with Gasteiger partial charge < -0.3 is 19.1 Å². The standard InChI is InChI=1S/C21H25N3O4/c1-14-13-17(19(25)22(3)15(14)2)21(27)24-11-9-23(10-12-24)20(26)16-7-5-6-8-18(16)28-4/h5-8,13H,9-12H2,1-4H3. The maximum atomic E-state index is 12.9. The first-order valence-corrected chi connectivity index (χ1v) is 9.24. The number of hydrogen-bond donors (Lipinski definition) is 0. The van der Waals surface area contributed by atoms with Crippen LogP contribution in [-0.4, -0.2) is 59.5 Å². The Hall–Kier alpha value is -3.09. The molecule has 1 aromatic carbocycles. The molecule has 7 heteroatoms. The average Bonchev–Trinajstić information content (AvgIpc) is 2.73. The molecule has 0 N–H and O–H groups in total. The smallest absolute Gasteiger partial charge is 0.263 e. The molecule has 0 aliphatic carbocycles. The Morgan fingerprint density at radius 3 is 2.04 bits per heavy atom. The van der Waals surface area contributed by atoms with Crippen molar-refractivity contribution < 1.29 is 14.3 Å². The van der Waals surface area contributed by atoms with Crippen LogP contribution in [0.1, 0.15) is 32.0 Å². The molecular weight excluding hydrogens is 358 g/mol. The molecular formula is C21H25N3O4. The second kappa shape index (κ2) is 7.88. The van der Waals surface area contributed by atoms with Gasteiger partial charge in [0.05, 0.1) is 12.7 Å². The van der Waals surface area contributed by atoms with E-state index < -0.39 is 0 Å². The minimum absolute atomic E-state index is 0.119. The number of aromatic nitrogens is 1. The van der Waals surface area contributed by atoms with Crippen molar-refractivity contribution in [2.24, 2.45) is 7.05 Å². The molecule has 1 aromatic heterocycles. The summed E-state index contributed by atoms with van der Waals surface area (Å²) in [5.41, 5.74) is 2.13. The van der Waals surface area contributed by atoms with Gasteiger partial charge in [-0.05, 0) is 37.6 Å². The highest BCUT2D eigenvalue weighted by atomic mass is 16.5. The molecule has 0 unspecified atom stereocenters. The van der Waals surface area contributed by atoms with Crippen molar-refractivity contribution in [1.29, 1.82) is 0 Å². The molecule has 28 heavy (non-hydrogen) atoms. The number of rotatable bonds is 3. The summed E-state index contributed by atoms with van der Waals surface area (Å²) in [6.45, 7) is 5.33. The van der Waals surface area contributed by atoms with Gasteiger partial charge in [-0.1, -0.05) is 12.1 Å². The summed E-state index contributed by atoms with van der Waals surface area (Å²) >= 11 is 0. The summed E-state index contributed by atoms with van der Waals surface area (Å²) in [6.07, 6.45) is 0. The Kier molecular flexibility index (Phi) is 5.53. The van der Waals surface area contributed by atoms with E-state index in [2.05, 4.69) is 0 Å². The molecule has 0 spiro atoms. The molecule has 1 saturated heterocycles. The Balaban J connectivity index is 1.73. The Bertz CT molecular complexity index is 972. The number of methoxy groups -OCH3 is 1. The predicted octanol–water partition coefficient (Wildman–Crippen LogP) is 1.61. The van der Waals surface area contributed by atoms with Crippen LogP contribution in [0.15, 0.2) is 35.1 Å². The van der Waals surface area contributed by atoms with Crippen molar-refractivity contribution in [2.45, 2.75) is 13.8 Å². The van der Waals surface area contributed by atoms with Crippen LogP contribution in [0, 0.1) is 13.8 Å². The third-order valence-corrected chi connectivity index (χ3v) is 5.39. The van der Waals surface area contributed by atoms with Crippen LogP contribution in [-0.2, 0) is 7.05 Å². The fourth-order valence-corrected chi connectivity index (χ4v) is 3.41. The molecule has 7 nitrogen and oxygen atoms in total. The maximum absolute atomic E-state index is 12.9. The van der Waals surface area contributed by atoms with Gasteiger partial charge in [0.1, 0.15) is 11.3 Å². The number of benzene rings is 1. The van der Waals surface area contributed by atoms with Crippen LogP contribution in [0.2, 0.25) is 0 Å². The molecule has 0 bridgehead atoms. The van der Waals surface area contributed by atoms with E-state index in [1.807, 2.05) is 19.9 Å². The lowest BCUT2D eigenvalue weighted by atomic mass is 10.1. The monoisotopic (exact) mass is 383 g/mol. The quantitative estimate of drug-likeness (QED) is 0.807. The number of nitrogens with zero attached hydrogens (tertiary/aromatic N) is 3. The van der Waals surface area contributed by atoms with Gasteiger partial charge in [0.2, 0.25) is 0 Å². The second-order valence-electron chi connectivity index (χ2n) is 6.98. The molecule has 0 saturated carbocycles. The van der Waals surface area contributed by atoms with Gasteiger partial charge in [0.15, 0.2) is 0 Å². The van der Waals surface area contributed by atoms with E-state index in [1.54, 1.807) is 41.1 Å². The van der Waals surface area contributed by atoms with Crippen molar-refractivity contribution >= 4 is 11.8 Å². The Morgan fingerprint density at radius 1 is 0.929 bits per heavy atom. The van der Waals surface area contributed by atoms with E-state index in [1.165, 1.54) is 11.7 Å². The van der Waals surface area contributed by atoms with Crippen LogP contribution in [0.25, 0.3) is 0 Å². The van der Waals surface area contributed by atoms with Gasteiger partial charge in [0, 0.05) is 38.9 Å². The van der Waals surface area contributed by atoms with E-state index in [-0.39, 0.29) is 22.9 Å². The number of hydrogen-bond acceptors (Lipinski definition) is 4. The number of piperazine rings is 1. The zero-order chi connectivity index (χ0) is 20.4. The zero-order valence-corrected chi connectivity index (χ0v) is 16.7. The lowest BCUT2D eigenvalue weighted by Crippen LogP contribution is -2.51. The number of ether oxygens (including phenoxy) is 1. The van der Waals surface area contributed by atoms with Crippen LogP contribution in [0.3, 0.4) is 0 Å². The van der Waals surface area contributed by atoms with Crippen molar-refractivity contribution in [1.82, 2.24) is 14.4 Å². The number of carbonyl (C=O) groups is 2. The lowest BCUT2D eigenvalue weighted by molar-refractivity contribution is 0.0532. The first-order valence-electron chi connectivity index (χ1n) is 9.24. The number of amides is 2. The molecule has 148 valence electrons. The molecule has 1 aliphatic heterocycles.